The number of carboxylic acid groups (broad SMARTS) is 1. The SMILES string of the molecule is CNC(C)(CCCCN1CCOCC1C)C(=O)O. The number of unbranched alkanes of at least 4 members (excludes halogenated alkanes) is 1. The van der Waals surface area contributed by atoms with Crippen molar-refractivity contribution in [3.05, 3.63) is 0 Å². The van der Waals surface area contributed by atoms with E-state index in [1.54, 1.807) is 14.0 Å². The van der Waals surface area contributed by atoms with Crippen molar-refractivity contribution < 1.29 is 14.6 Å². The van der Waals surface area contributed by atoms with Crippen molar-refractivity contribution in [3.63, 3.8) is 0 Å². The zero-order chi connectivity index (χ0) is 13.6. The van der Waals surface area contributed by atoms with E-state index in [-0.39, 0.29) is 0 Å². The molecular formula is C13H26N2O3. The minimum Gasteiger partial charge on any atom is -0.480 e. The second-order valence-corrected chi connectivity index (χ2v) is 5.30. The van der Waals surface area contributed by atoms with Gasteiger partial charge in [0, 0.05) is 12.6 Å². The first-order valence-electron chi connectivity index (χ1n) is 6.73. The fourth-order valence-electron chi connectivity index (χ4n) is 2.23. The molecule has 0 aromatic heterocycles. The predicted molar refractivity (Wildman–Crippen MR) is 70.8 cm³/mol. The Bertz CT molecular complexity index is 273. The monoisotopic (exact) mass is 258 g/mol. The number of hydrogen-bond donors (Lipinski definition) is 2. The molecule has 0 aliphatic carbocycles. The summed E-state index contributed by atoms with van der Waals surface area (Å²) in [4.78, 5) is 13.5. The predicted octanol–water partition coefficient (Wildman–Crippen LogP) is 0.940. The first-order valence-corrected chi connectivity index (χ1v) is 6.73. The van der Waals surface area contributed by atoms with E-state index in [9.17, 15) is 4.79 Å². The quantitative estimate of drug-likeness (QED) is 0.666. The molecule has 1 rings (SSSR count). The molecule has 0 bridgehead atoms. The van der Waals surface area contributed by atoms with E-state index in [1.165, 1.54) is 0 Å². The third-order valence-electron chi connectivity index (χ3n) is 3.90. The second-order valence-electron chi connectivity index (χ2n) is 5.30. The highest BCUT2D eigenvalue weighted by atomic mass is 16.5. The molecule has 1 aliphatic heterocycles. The molecule has 5 nitrogen and oxygen atoms in total. The maximum atomic E-state index is 11.1. The largest absolute Gasteiger partial charge is 0.480 e. The van der Waals surface area contributed by atoms with Gasteiger partial charge in [-0.3, -0.25) is 9.69 Å². The van der Waals surface area contributed by atoms with Gasteiger partial charge in [-0.25, -0.2) is 0 Å². The van der Waals surface area contributed by atoms with Crippen LogP contribution in [0, 0.1) is 0 Å². The van der Waals surface area contributed by atoms with E-state index in [0.717, 1.165) is 39.1 Å². The summed E-state index contributed by atoms with van der Waals surface area (Å²) in [6, 6.07) is 0.480. The molecule has 106 valence electrons. The third kappa shape index (κ3) is 4.23. The molecule has 2 atom stereocenters. The Morgan fingerprint density at radius 1 is 1.56 bits per heavy atom. The van der Waals surface area contributed by atoms with Gasteiger partial charge in [0.2, 0.25) is 0 Å². The van der Waals surface area contributed by atoms with E-state index >= 15 is 0 Å². The highest BCUT2D eigenvalue weighted by molar-refractivity contribution is 5.78. The van der Waals surface area contributed by atoms with E-state index in [0.29, 0.717) is 12.5 Å². The number of aliphatic carboxylic acids is 1. The number of hydrogen-bond acceptors (Lipinski definition) is 4. The molecule has 5 heteroatoms. The molecule has 18 heavy (non-hydrogen) atoms. The molecule has 0 radical (unpaired) electrons. The Labute approximate surface area is 109 Å². The summed E-state index contributed by atoms with van der Waals surface area (Å²) in [5.74, 6) is -0.773. The zero-order valence-electron chi connectivity index (χ0n) is 11.7. The molecule has 2 unspecified atom stereocenters. The van der Waals surface area contributed by atoms with Crippen LogP contribution in [0.4, 0.5) is 0 Å². The van der Waals surface area contributed by atoms with Gasteiger partial charge in [0.15, 0.2) is 0 Å². The Kier molecular flexibility index (Phi) is 6.05. The number of nitrogens with one attached hydrogen (secondary N) is 1. The average Bonchev–Trinajstić information content (AvgIpc) is 2.36. The molecule has 1 heterocycles. The molecular weight excluding hydrogens is 232 g/mol. The molecule has 0 aromatic carbocycles. The summed E-state index contributed by atoms with van der Waals surface area (Å²) in [5.41, 5.74) is -0.795. The minimum absolute atomic E-state index is 0.480. The number of likely N-dealkylation sites (N-methyl/N-ethyl adjacent to an activating group) is 1. The third-order valence-corrected chi connectivity index (χ3v) is 3.90. The van der Waals surface area contributed by atoms with Crippen molar-refractivity contribution in [1.29, 1.82) is 0 Å². The van der Waals surface area contributed by atoms with Crippen LogP contribution in [0.15, 0.2) is 0 Å². The minimum atomic E-state index is -0.795. The average molecular weight is 258 g/mol. The number of ether oxygens (including phenoxy) is 1. The zero-order valence-corrected chi connectivity index (χ0v) is 11.7. The van der Waals surface area contributed by atoms with Crippen LogP contribution in [0.5, 0.6) is 0 Å². The molecule has 1 fully saturated rings. The van der Waals surface area contributed by atoms with Crippen LogP contribution in [-0.4, -0.2) is 60.9 Å². The highest BCUT2D eigenvalue weighted by Crippen LogP contribution is 2.15. The summed E-state index contributed by atoms with van der Waals surface area (Å²) in [6.45, 7) is 7.56. The molecule has 0 saturated carbocycles. The van der Waals surface area contributed by atoms with Crippen molar-refractivity contribution >= 4 is 5.97 Å². The number of carbonyl (C=O) groups is 1. The van der Waals surface area contributed by atoms with Crippen molar-refractivity contribution in [1.82, 2.24) is 10.2 Å². The van der Waals surface area contributed by atoms with E-state index < -0.39 is 11.5 Å². The molecule has 0 aromatic rings. The Balaban J connectivity index is 2.23. The Hall–Kier alpha value is -0.650. The lowest BCUT2D eigenvalue weighted by atomic mass is 9.95. The van der Waals surface area contributed by atoms with E-state index in [4.69, 9.17) is 9.84 Å². The normalized spacial score (nSPS) is 24.7. The van der Waals surface area contributed by atoms with Crippen LogP contribution in [0.1, 0.15) is 33.1 Å². The topological polar surface area (TPSA) is 61.8 Å². The van der Waals surface area contributed by atoms with Crippen LogP contribution in [0.25, 0.3) is 0 Å². The van der Waals surface area contributed by atoms with E-state index in [1.807, 2.05) is 0 Å². The molecule has 1 saturated heterocycles. The van der Waals surface area contributed by atoms with Gasteiger partial charge in [-0.05, 0) is 46.7 Å². The first kappa shape index (κ1) is 15.4. The summed E-state index contributed by atoms with van der Waals surface area (Å²) in [5, 5.41) is 12.0. The van der Waals surface area contributed by atoms with Gasteiger partial charge in [-0.15, -0.1) is 0 Å². The first-order chi connectivity index (χ1) is 8.49. The number of morpholine rings is 1. The van der Waals surface area contributed by atoms with Gasteiger partial charge in [-0.2, -0.15) is 0 Å². The maximum absolute atomic E-state index is 11.1. The number of nitrogens with zero attached hydrogens (tertiary/aromatic N) is 1. The summed E-state index contributed by atoms with van der Waals surface area (Å²) >= 11 is 0. The standard InChI is InChI=1S/C13H26N2O3/c1-11-10-18-9-8-15(11)7-5-4-6-13(2,14-3)12(16)17/h11,14H,4-10H2,1-3H3,(H,16,17). The smallest absolute Gasteiger partial charge is 0.323 e. The van der Waals surface area contributed by atoms with Crippen LogP contribution in [-0.2, 0) is 9.53 Å². The van der Waals surface area contributed by atoms with E-state index in [2.05, 4.69) is 17.1 Å². The fraction of sp³-hybridized carbons (Fsp3) is 0.923. The second kappa shape index (κ2) is 7.07. The number of rotatable bonds is 7. The van der Waals surface area contributed by atoms with Gasteiger partial charge in [0.25, 0.3) is 0 Å². The van der Waals surface area contributed by atoms with Crippen LogP contribution < -0.4 is 5.32 Å². The molecule has 1 aliphatic rings. The van der Waals surface area contributed by atoms with Gasteiger partial charge >= 0.3 is 5.97 Å². The van der Waals surface area contributed by atoms with Gasteiger partial charge in [0.05, 0.1) is 13.2 Å². The lowest BCUT2D eigenvalue weighted by Crippen LogP contribution is -2.47. The molecule has 2 N–H and O–H groups in total. The Morgan fingerprint density at radius 3 is 2.83 bits per heavy atom. The van der Waals surface area contributed by atoms with Crippen LogP contribution in [0.3, 0.4) is 0 Å². The molecule has 0 amide bonds. The fourth-order valence-corrected chi connectivity index (χ4v) is 2.23. The van der Waals surface area contributed by atoms with Crippen molar-refractivity contribution in [2.45, 2.75) is 44.7 Å². The van der Waals surface area contributed by atoms with Crippen molar-refractivity contribution in [2.75, 3.05) is 33.4 Å². The van der Waals surface area contributed by atoms with Crippen LogP contribution in [0.2, 0.25) is 0 Å². The maximum Gasteiger partial charge on any atom is 0.323 e. The summed E-state index contributed by atoms with van der Waals surface area (Å²) < 4.78 is 5.39. The summed E-state index contributed by atoms with van der Waals surface area (Å²) in [7, 11) is 1.71. The lowest BCUT2D eigenvalue weighted by Gasteiger charge is -2.33. The summed E-state index contributed by atoms with van der Waals surface area (Å²) in [6.07, 6.45) is 2.63. The van der Waals surface area contributed by atoms with Crippen molar-refractivity contribution in [3.8, 4) is 0 Å². The molecule has 0 spiro atoms. The number of carboxylic acids is 1. The van der Waals surface area contributed by atoms with Crippen LogP contribution >= 0.6 is 0 Å². The highest BCUT2D eigenvalue weighted by Gasteiger charge is 2.30. The van der Waals surface area contributed by atoms with Gasteiger partial charge in [-0.1, -0.05) is 0 Å². The lowest BCUT2D eigenvalue weighted by molar-refractivity contribution is -0.144. The Morgan fingerprint density at radius 2 is 2.28 bits per heavy atom. The van der Waals surface area contributed by atoms with Gasteiger partial charge < -0.3 is 15.2 Å². The van der Waals surface area contributed by atoms with Crippen molar-refractivity contribution in [2.24, 2.45) is 0 Å². The van der Waals surface area contributed by atoms with Gasteiger partial charge in [0.1, 0.15) is 5.54 Å².